The van der Waals surface area contributed by atoms with Crippen molar-refractivity contribution in [1.82, 2.24) is 0 Å². The van der Waals surface area contributed by atoms with Crippen LogP contribution in [0.1, 0.15) is 106 Å². The summed E-state index contributed by atoms with van der Waals surface area (Å²) in [6.45, 7) is 19.4. The second-order valence-corrected chi connectivity index (χ2v) is 14.2. The standard InChI is InChI=1S/C30H47O2/c1-19(2)20-11-16-30(25(31)32)18-17-28(6)21(24(20)30)9-10-23-27(5)14-8-13-26(3,4)22(27)12-15-29(23,28)7/h13,20-24H,1,8-12,14-18H2,2-7H3,(H,31,32)/t20-,21+,22-,23+,24+,27-,28+,29+,30-/m0/s1. The van der Waals surface area contributed by atoms with Gasteiger partial charge in [-0.25, -0.2) is 0 Å². The van der Waals surface area contributed by atoms with Gasteiger partial charge < -0.3 is 5.11 Å². The molecule has 5 aliphatic rings. The van der Waals surface area contributed by atoms with Crippen LogP contribution in [-0.4, -0.2) is 11.1 Å². The van der Waals surface area contributed by atoms with Crippen LogP contribution in [0.25, 0.3) is 0 Å². The maximum absolute atomic E-state index is 12.7. The largest absolute Gasteiger partial charge is 0.481 e. The summed E-state index contributed by atoms with van der Waals surface area (Å²) in [5.41, 5.74) is 2.06. The lowest BCUT2D eigenvalue weighted by Gasteiger charge is -2.72. The van der Waals surface area contributed by atoms with Gasteiger partial charge in [-0.05, 0) is 129 Å². The van der Waals surface area contributed by atoms with Gasteiger partial charge in [0, 0.05) is 0 Å². The first-order valence-electron chi connectivity index (χ1n) is 13.6. The molecule has 0 aromatic rings. The molecule has 1 N–H and O–H groups in total. The Balaban J connectivity index is 1.57. The van der Waals surface area contributed by atoms with Crippen molar-refractivity contribution < 1.29 is 9.90 Å². The highest BCUT2D eigenvalue weighted by molar-refractivity contribution is 5.76. The van der Waals surface area contributed by atoms with Crippen molar-refractivity contribution in [3.8, 4) is 0 Å². The molecule has 9 atom stereocenters. The first-order valence-corrected chi connectivity index (χ1v) is 13.6. The van der Waals surface area contributed by atoms with E-state index in [1.807, 2.05) is 0 Å². The molecule has 179 valence electrons. The molecule has 0 saturated heterocycles. The molecule has 32 heavy (non-hydrogen) atoms. The van der Waals surface area contributed by atoms with Crippen LogP contribution in [-0.2, 0) is 4.79 Å². The minimum absolute atomic E-state index is 0.247. The fourth-order valence-electron chi connectivity index (χ4n) is 11.3. The quantitative estimate of drug-likeness (QED) is 0.443. The minimum Gasteiger partial charge on any atom is -0.481 e. The monoisotopic (exact) mass is 439 g/mol. The Morgan fingerprint density at radius 3 is 2.25 bits per heavy atom. The van der Waals surface area contributed by atoms with E-state index < -0.39 is 11.4 Å². The lowest BCUT2D eigenvalue weighted by Crippen LogP contribution is -2.66. The van der Waals surface area contributed by atoms with E-state index in [9.17, 15) is 9.90 Å². The van der Waals surface area contributed by atoms with Gasteiger partial charge in [-0.15, -0.1) is 0 Å². The Morgan fingerprint density at radius 2 is 1.59 bits per heavy atom. The summed E-state index contributed by atoms with van der Waals surface area (Å²) in [7, 11) is 0. The molecular formula is C30H47O2. The van der Waals surface area contributed by atoms with Crippen LogP contribution in [0.2, 0.25) is 0 Å². The molecule has 0 aromatic carbocycles. The van der Waals surface area contributed by atoms with E-state index in [1.165, 1.54) is 44.1 Å². The van der Waals surface area contributed by atoms with Gasteiger partial charge in [0.1, 0.15) is 0 Å². The zero-order chi connectivity index (χ0) is 23.3. The van der Waals surface area contributed by atoms with Crippen molar-refractivity contribution in [2.45, 2.75) is 106 Å². The molecule has 5 rings (SSSR count). The summed E-state index contributed by atoms with van der Waals surface area (Å²) >= 11 is 0. The highest BCUT2D eigenvalue weighted by Crippen LogP contribution is 2.77. The number of carboxylic acids is 1. The molecule has 2 heteroatoms. The molecule has 0 amide bonds. The van der Waals surface area contributed by atoms with Crippen LogP contribution < -0.4 is 0 Å². The molecule has 0 aromatic heterocycles. The molecule has 0 spiro atoms. The summed E-state index contributed by atoms with van der Waals surface area (Å²) in [5, 5.41) is 10.5. The van der Waals surface area contributed by atoms with Crippen LogP contribution in [0.4, 0.5) is 0 Å². The van der Waals surface area contributed by atoms with Gasteiger partial charge in [0.15, 0.2) is 0 Å². The van der Waals surface area contributed by atoms with Crippen molar-refractivity contribution in [3.63, 3.8) is 0 Å². The van der Waals surface area contributed by atoms with Crippen LogP contribution in [0.3, 0.4) is 0 Å². The Bertz CT molecular complexity index is 827. The SMILES string of the molecule is C=C(C)[C@@H]1CC[C@]2(C(=O)O)CC[C@]3(C)[C@H](CC[C@@H]4[C@@]5(C)CC[CH]C(C)(C)[C@@H]5CC[C@]43C)[C@@H]12. The van der Waals surface area contributed by atoms with E-state index in [1.54, 1.807) is 0 Å². The van der Waals surface area contributed by atoms with Gasteiger partial charge >= 0.3 is 5.97 Å². The molecular weight excluding hydrogens is 392 g/mol. The summed E-state index contributed by atoms with van der Waals surface area (Å²) in [4.78, 5) is 12.7. The number of carboxylic acid groups (broad SMARTS) is 1. The zero-order valence-corrected chi connectivity index (χ0v) is 21.6. The van der Waals surface area contributed by atoms with Crippen molar-refractivity contribution in [2.24, 2.45) is 56.7 Å². The number of carbonyl (C=O) groups is 1. The molecule has 0 unspecified atom stereocenters. The normalized spacial score (nSPS) is 54.0. The molecule has 5 saturated carbocycles. The Kier molecular flexibility index (Phi) is 4.94. The number of fused-ring (bicyclic) bond motifs is 7. The average Bonchev–Trinajstić information content (AvgIpc) is 3.09. The number of hydrogen-bond acceptors (Lipinski definition) is 1. The molecule has 2 nitrogen and oxygen atoms in total. The van der Waals surface area contributed by atoms with Crippen molar-refractivity contribution in [1.29, 1.82) is 0 Å². The van der Waals surface area contributed by atoms with Crippen molar-refractivity contribution in [3.05, 3.63) is 18.6 Å². The third-order valence-electron chi connectivity index (χ3n) is 13.0. The summed E-state index contributed by atoms with van der Waals surface area (Å²) < 4.78 is 0. The van der Waals surface area contributed by atoms with E-state index in [4.69, 9.17) is 0 Å². The van der Waals surface area contributed by atoms with Gasteiger partial charge in [0.2, 0.25) is 0 Å². The maximum Gasteiger partial charge on any atom is 0.309 e. The van der Waals surface area contributed by atoms with Gasteiger partial charge in [0.05, 0.1) is 5.41 Å². The third kappa shape index (κ3) is 2.62. The molecule has 5 aliphatic carbocycles. The van der Waals surface area contributed by atoms with E-state index in [-0.39, 0.29) is 11.3 Å². The van der Waals surface area contributed by atoms with E-state index >= 15 is 0 Å². The van der Waals surface area contributed by atoms with E-state index in [0.717, 1.165) is 37.5 Å². The third-order valence-corrected chi connectivity index (χ3v) is 13.0. The summed E-state index contributed by atoms with van der Waals surface area (Å²) in [5.74, 6) is 2.26. The first kappa shape index (κ1) is 23.0. The lowest BCUT2D eigenvalue weighted by atomic mass is 9.32. The highest BCUT2D eigenvalue weighted by atomic mass is 16.4. The van der Waals surface area contributed by atoms with Gasteiger partial charge in [-0.2, -0.15) is 0 Å². The maximum atomic E-state index is 12.7. The highest BCUT2D eigenvalue weighted by Gasteiger charge is 2.71. The fourth-order valence-corrected chi connectivity index (χ4v) is 11.3. The second-order valence-electron chi connectivity index (χ2n) is 14.2. The average molecular weight is 440 g/mol. The first-order chi connectivity index (χ1) is 14.8. The Labute approximate surface area is 197 Å². The molecule has 0 heterocycles. The number of hydrogen-bond donors (Lipinski definition) is 1. The summed E-state index contributed by atoms with van der Waals surface area (Å²) in [6, 6.07) is 0. The topological polar surface area (TPSA) is 37.3 Å². The van der Waals surface area contributed by atoms with Gasteiger partial charge in [-0.1, -0.05) is 46.8 Å². The van der Waals surface area contributed by atoms with Crippen LogP contribution in [0.15, 0.2) is 12.2 Å². The smallest absolute Gasteiger partial charge is 0.309 e. The molecule has 0 aliphatic heterocycles. The zero-order valence-electron chi connectivity index (χ0n) is 21.6. The number of rotatable bonds is 2. The van der Waals surface area contributed by atoms with E-state index in [2.05, 4.69) is 54.5 Å². The molecule has 0 bridgehead atoms. The number of aliphatic carboxylic acids is 1. The minimum atomic E-state index is -0.513. The molecule has 1 radical (unpaired) electrons. The summed E-state index contributed by atoms with van der Waals surface area (Å²) in [6.07, 6.45) is 14.3. The van der Waals surface area contributed by atoms with Gasteiger partial charge in [-0.3, -0.25) is 4.79 Å². The Hall–Kier alpha value is -0.790. The van der Waals surface area contributed by atoms with Crippen molar-refractivity contribution >= 4 is 5.97 Å². The van der Waals surface area contributed by atoms with Gasteiger partial charge in [0.25, 0.3) is 0 Å². The van der Waals surface area contributed by atoms with E-state index in [0.29, 0.717) is 28.1 Å². The van der Waals surface area contributed by atoms with Crippen LogP contribution in [0, 0.1) is 63.1 Å². The fraction of sp³-hybridized carbons (Fsp3) is 0.867. The van der Waals surface area contributed by atoms with Crippen LogP contribution in [0.5, 0.6) is 0 Å². The lowest BCUT2D eigenvalue weighted by molar-refractivity contribution is -0.233. The Morgan fingerprint density at radius 1 is 0.875 bits per heavy atom. The predicted molar refractivity (Wildman–Crippen MR) is 131 cm³/mol. The second kappa shape index (κ2) is 6.88. The molecule has 5 fully saturated rings. The van der Waals surface area contributed by atoms with Crippen LogP contribution >= 0.6 is 0 Å². The van der Waals surface area contributed by atoms with Crippen molar-refractivity contribution in [2.75, 3.05) is 0 Å². The predicted octanol–water partition coefficient (Wildman–Crippen LogP) is 7.93. The number of allylic oxidation sites excluding steroid dienone is 1.